The number of hydrogen-bond acceptors (Lipinski definition) is 5. The summed E-state index contributed by atoms with van der Waals surface area (Å²) in [5.41, 5.74) is 0. The molecular formula is C55H109NO2S2. The normalized spacial score (nSPS) is 11.4. The predicted octanol–water partition coefficient (Wildman–Crippen LogP) is 19.3. The predicted molar refractivity (Wildman–Crippen MR) is 280 cm³/mol. The number of unbranched alkanes of at least 4 members (excludes halogenated alkanes) is 26. The first-order valence-corrected chi connectivity index (χ1v) is 28.6. The third-order valence-electron chi connectivity index (χ3n) is 11.3. The molecule has 0 aromatic carbocycles. The molecule has 0 rings (SSSR count). The van der Waals surface area contributed by atoms with E-state index in [2.05, 4.69) is 84.7 Å². The van der Waals surface area contributed by atoms with E-state index < -0.39 is 0 Å². The highest BCUT2D eigenvalue weighted by molar-refractivity contribution is 8.14. The van der Waals surface area contributed by atoms with Crippen molar-refractivity contribution in [3.8, 4) is 0 Å². The molecule has 0 heterocycles. The second-order valence-corrected chi connectivity index (χ2v) is 20.0. The second-order valence-electron chi connectivity index (χ2n) is 17.9. The molecule has 60 heavy (non-hydrogen) atoms. The number of thioether (sulfide) groups is 2. The third kappa shape index (κ3) is 61.8. The molecule has 0 saturated carbocycles. The molecule has 0 radical (unpaired) electrons. The summed E-state index contributed by atoms with van der Waals surface area (Å²) in [4.78, 5) is 26.6. The quantitative estimate of drug-likeness (QED) is 0.0451. The molecule has 0 unspecified atom stereocenters. The van der Waals surface area contributed by atoms with Gasteiger partial charge >= 0.3 is 0 Å². The standard InChI is InChI=1S/C44H82O2S2.C8H19N.C3H8/c1-4-6-8-10-12-14-16-18-20-28-34-40-47-43(45)38-32-26-22-24-30-36-42(3)37-31-25-23-27-33-39-44(46)48-41-35-29-21-19-17-15-13-11-9-7-5-2;1-4-6-7-8-9(3)5-2;1-3-2/h28-29,34-35,42H,4-27,30-33,36-41H2,1-3H3;4-8H2,1-3H3;3H2,1-2H3/b34-28-,35-29-;;. The molecule has 0 aliphatic rings. The van der Waals surface area contributed by atoms with E-state index in [1.807, 2.05) is 0 Å². The number of hydrogen-bond donors (Lipinski definition) is 0. The second kappa shape index (κ2) is 58.5. The lowest BCUT2D eigenvalue weighted by molar-refractivity contribution is -0.111. The van der Waals surface area contributed by atoms with Gasteiger partial charge in [0.25, 0.3) is 0 Å². The molecule has 0 bridgehead atoms. The summed E-state index contributed by atoms with van der Waals surface area (Å²) in [5, 5.41) is 0.746. The maximum Gasteiger partial charge on any atom is 0.189 e. The smallest absolute Gasteiger partial charge is 0.189 e. The Morgan fingerprint density at radius 1 is 0.433 bits per heavy atom. The van der Waals surface area contributed by atoms with Crippen molar-refractivity contribution in [2.75, 3.05) is 31.6 Å². The first-order chi connectivity index (χ1) is 29.3. The van der Waals surface area contributed by atoms with E-state index in [4.69, 9.17) is 0 Å². The molecule has 0 N–H and O–H groups in total. The highest BCUT2D eigenvalue weighted by Gasteiger charge is 2.05. The zero-order valence-electron chi connectivity index (χ0n) is 42.3. The monoisotopic (exact) mass is 880 g/mol. The van der Waals surface area contributed by atoms with Crippen LogP contribution < -0.4 is 0 Å². The van der Waals surface area contributed by atoms with E-state index in [0.29, 0.717) is 10.2 Å². The molecule has 0 aliphatic carbocycles. The highest BCUT2D eigenvalue weighted by atomic mass is 32.2. The zero-order chi connectivity index (χ0) is 44.8. The fourth-order valence-electron chi connectivity index (χ4n) is 7.11. The first kappa shape index (κ1) is 63.8. The molecule has 0 spiro atoms. The number of rotatable bonds is 43. The van der Waals surface area contributed by atoms with Crippen LogP contribution in [0.1, 0.15) is 280 Å². The number of allylic oxidation sites excluding steroid dienone is 2. The van der Waals surface area contributed by atoms with Crippen LogP contribution in [0.4, 0.5) is 0 Å². The fraction of sp³-hybridized carbons (Fsp3) is 0.891. The van der Waals surface area contributed by atoms with Gasteiger partial charge in [-0.05, 0) is 71.0 Å². The minimum Gasteiger partial charge on any atom is -0.307 e. The average Bonchev–Trinajstić information content (AvgIpc) is 3.24. The fourth-order valence-corrected chi connectivity index (χ4v) is 8.52. The van der Waals surface area contributed by atoms with Gasteiger partial charge in [-0.1, -0.05) is 270 Å². The zero-order valence-corrected chi connectivity index (χ0v) is 43.9. The van der Waals surface area contributed by atoms with Gasteiger partial charge in [0.2, 0.25) is 0 Å². The van der Waals surface area contributed by atoms with Gasteiger partial charge in [0.15, 0.2) is 10.2 Å². The van der Waals surface area contributed by atoms with Gasteiger partial charge in [-0.25, -0.2) is 0 Å². The van der Waals surface area contributed by atoms with Crippen molar-refractivity contribution in [3.05, 3.63) is 24.3 Å². The third-order valence-corrected chi connectivity index (χ3v) is 13.1. The molecular weight excluding hydrogens is 771 g/mol. The largest absolute Gasteiger partial charge is 0.307 e. The van der Waals surface area contributed by atoms with Crippen LogP contribution in [-0.4, -0.2) is 46.8 Å². The Morgan fingerprint density at radius 2 is 0.750 bits per heavy atom. The lowest BCUT2D eigenvalue weighted by Crippen LogP contribution is -2.18. The van der Waals surface area contributed by atoms with Crippen molar-refractivity contribution >= 4 is 33.8 Å². The van der Waals surface area contributed by atoms with Crippen molar-refractivity contribution in [2.45, 2.75) is 280 Å². The van der Waals surface area contributed by atoms with Crippen LogP contribution in [0.3, 0.4) is 0 Å². The van der Waals surface area contributed by atoms with Crippen LogP contribution in [0.2, 0.25) is 0 Å². The molecule has 0 saturated heterocycles. The van der Waals surface area contributed by atoms with E-state index in [1.165, 1.54) is 242 Å². The first-order valence-electron chi connectivity index (χ1n) is 26.6. The summed E-state index contributed by atoms with van der Waals surface area (Å²) in [6.07, 6.45) is 55.1. The van der Waals surface area contributed by atoms with E-state index in [1.54, 1.807) is 0 Å². The molecule has 0 fully saturated rings. The van der Waals surface area contributed by atoms with Crippen molar-refractivity contribution in [2.24, 2.45) is 5.92 Å². The Bertz CT molecular complexity index is 815. The summed E-state index contributed by atoms with van der Waals surface area (Å²) in [6, 6.07) is 0. The molecule has 3 nitrogen and oxygen atoms in total. The van der Waals surface area contributed by atoms with Gasteiger partial charge in [0.1, 0.15) is 0 Å². The molecule has 0 aromatic rings. The van der Waals surface area contributed by atoms with Crippen LogP contribution in [0.25, 0.3) is 0 Å². The van der Waals surface area contributed by atoms with Gasteiger partial charge in [-0.15, -0.1) is 0 Å². The van der Waals surface area contributed by atoms with E-state index in [-0.39, 0.29) is 0 Å². The van der Waals surface area contributed by atoms with Crippen LogP contribution in [-0.2, 0) is 9.59 Å². The lowest BCUT2D eigenvalue weighted by Gasteiger charge is -2.12. The van der Waals surface area contributed by atoms with Gasteiger partial charge in [0.05, 0.1) is 0 Å². The Labute approximate surface area is 387 Å². The molecule has 358 valence electrons. The minimum atomic E-state index is 0.373. The molecule has 0 aromatic heterocycles. The van der Waals surface area contributed by atoms with Crippen LogP contribution in [0.15, 0.2) is 24.3 Å². The maximum absolute atomic E-state index is 12.1. The maximum atomic E-state index is 12.1. The van der Waals surface area contributed by atoms with Crippen molar-refractivity contribution in [3.63, 3.8) is 0 Å². The Kier molecular flexibility index (Phi) is 62.2. The summed E-state index contributed by atoms with van der Waals surface area (Å²) in [7, 11) is 2.18. The van der Waals surface area contributed by atoms with Gasteiger partial charge in [0, 0.05) is 24.3 Å². The SMILES string of the molecule is CCC.CCCCCCCCCC/C=C\CSC(=O)CCCCCCCC(C)CCCCCCCC(=O)SC/C=C\CCCCCCCCCC.CCCCCN(C)CC. The summed E-state index contributed by atoms with van der Waals surface area (Å²) in [5.74, 6) is 2.53. The molecule has 0 aliphatic heterocycles. The van der Waals surface area contributed by atoms with Gasteiger partial charge in [-0.2, -0.15) is 0 Å². The minimum absolute atomic E-state index is 0.373. The van der Waals surface area contributed by atoms with E-state index >= 15 is 0 Å². The number of nitrogens with zero attached hydrogens (tertiary/aromatic N) is 1. The van der Waals surface area contributed by atoms with Crippen LogP contribution >= 0.6 is 23.5 Å². The molecule has 5 heteroatoms. The lowest BCUT2D eigenvalue weighted by atomic mass is 9.96. The van der Waals surface area contributed by atoms with E-state index in [0.717, 1.165) is 43.1 Å². The highest BCUT2D eigenvalue weighted by Crippen LogP contribution is 2.20. The number of carbonyl (C=O) groups is 2. The van der Waals surface area contributed by atoms with E-state index in [9.17, 15) is 9.59 Å². The Balaban J connectivity index is -0.00000234. The Morgan fingerprint density at radius 3 is 1.12 bits per heavy atom. The van der Waals surface area contributed by atoms with Crippen LogP contribution in [0.5, 0.6) is 0 Å². The average molecular weight is 881 g/mol. The number of carbonyl (C=O) groups excluding carboxylic acids is 2. The molecule has 0 amide bonds. The van der Waals surface area contributed by atoms with Crippen LogP contribution in [0, 0.1) is 5.92 Å². The summed E-state index contributed by atoms with van der Waals surface area (Å²) >= 11 is 3.01. The van der Waals surface area contributed by atoms with Crippen molar-refractivity contribution < 1.29 is 9.59 Å². The topological polar surface area (TPSA) is 37.4 Å². The van der Waals surface area contributed by atoms with Crippen molar-refractivity contribution in [1.82, 2.24) is 4.90 Å². The summed E-state index contributed by atoms with van der Waals surface area (Å²) in [6.45, 7) is 18.1. The molecule has 0 atom stereocenters. The van der Waals surface area contributed by atoms with Gasteiger partial charge in [-0.3, -0.25) is 9.59 Å². The Hall–Kier alpha value is -0.520. The van der Waals surface area contributed by atoms with Crippen molar-refractivity contribution in [1.29, 1.82) is 0 Å². The van der Waals surface area contributed by atoms with Gasteiger partial charge < -0.3 is 4.90 Å². The summed E-state index contributed by atoms with van der Waals surface area (Å²) < 4.78 is 0.